The summed E-state index contributed by atoms with van der Waals surface area (Å²) in [5, 5.41) is 14.5. The van der Waals surface area contributed by atoms with Gasteiger partial charge in [-0.05, 0) is 31.4 Å². The smallest absolute Gasteiger partial charge is 0.319 e. The first-order chi connectivity index (χ1) is 9.98. The summed E-state index contributed by atoms with van der Waals surface area (Å²) < 4.78 is 5.39. The van der Waals surface area contributed by atoms with Gasteiger partial charge < -0.3 is 20.5 Å². The van der Waals surface area contributed by atoms with Crippen LogP contribution < -0.4 is 10.6 Å². The van der Waals surface area contributed by atoms with Crippen molar-refractivity contribution in [3.63, 3.8) is 0 Å². The Balaban J connectivity index is 2.00. The lowest BCUT2D eigenvalue weighted by Crippen LogP contribution is -2.52. The lowest BCUT2D eigenvalue weighted by atomic mass is 9.95. The fourth-order valence-electron chi connectivity index (χ4n) is 2.42. The van der Waals surface area contributed by atoms with Crippen molar-refractivity contribution in [3.8, 4) is 0 Å². The van der Waals surface area contributed by atoms with Crippen LogP contribution in [-0.4, -0.2) is 35.9 Å². The Morgan fingerprint density at radius 3 is 2.81 bits per heavy atom. The first-order valence-electron chi connectivity index (χ1n) is 6.95. The van der Waals surface area contributed by atoms with Crippen LogP contribution in [-0.2, 0) is 16.0 Å². The molecule has 3 N–H and O–H groups in total. The summed E-state index contributed by atoms with van der Waals surface area (Å²) in [7, 11) is 0. The van der Waals surface area contributed by atoms with Crippen LogP contribution in [0.25, 0.3) is 0 Å². The molecule has 6 nitrogen and oxygen atoms in total. The number of para-hydroxylation sites is 1. The van der Waals surface area contributed by atoms with Gasteiger partial charge in [0.2, 0.25) is 0 Å². The van der Waals surface area contributed by atoms with Crippen LogP contribution in [0.4, 0.5) is 10.5 Å². The molecule has 2 amide bonds. The average molecular weight is 292 g/mol. The third-order valence-corrected chi connectivity index (χ3v) is 3.46. The van der Waals surface area contributed by atoms with Gasteiger partial charge in [0.05, 0.1) is 18.6 Å². The molecule has 0 spiro atoms. The zero-order valence-electron chi connectivity index (χ0n) is 12.0. The fourth-order valence-corrected chi connectivity index (χ4v) is 2.42. The number of carboxylic acid groups (broad SMARTS) is 1. The van der Waals surface area contributed by atoms with E-state index in [1.165, 1.54) is 0 Å². The molecule has 1 aromatic rings. The van der Waals surface area contributed by atoms with Crippen molar-refractivity contribution in [2.24, 2.45) is 0 Å². The highest BCUT2D eigenvalue weighted by atomic mass is 16.5. The second kappa shape index (κ2) is 6.58. The summed E-state index contributed by atoms with van der Waals surface area (Å²) in [4.78, 5) is 22.9. The summed E-state index contributed by atoms with van der Waals surface area (Å²) in [5.74, 6) is -0.933. The van der Waals surface area contributed by atoms with Crippen LogP contribution in [0.15, 0.2) is 24.3 Å². The largest absolute Gasteiger partial charge is 0.481 e. The Hall–Kier alpha value is -2.08. The predicted octanol–water partition coefficient (Wildman–Crippen LogP) is 2.00. The minimum atomic E-state index is -0.933. The van der Waals surface area contributed by atoms with E-state index < -0.39 is 5.97 Å². The zero-order valence-corrected chi connectivity index (χ0v) is 12.0. The number of carbonyl (C=O) groups is 2. The third-order valence-electron chi connectivity index (χ3n) is 3.46. The number of ether oxygens (including phenoxy) is 1. The highest BCUT2D eigenvalue weighted by Gasteiger charge is 2.29. The van der Waals surface area contributed by atoms with Gasteiger partial charge in [0.25, 0.3) is 0 Å². The minimum Gasteiger partial charge on any atom is -0.481 e. The van der Waals surface area contributed by atoms with Gasteiger partial charge in [-0.25, -0.2) is 4.79 Å². The Labute approximate surface area is 123 Å². The van der Waals surface area contributed by atoms with E-state index in [4.69, 9.17) is 9.84 Å². The molecule has 1 heterocycles. The van der Waals surface area contributed by atoms with Gasteiger partial charge in [-0.1, -0.05) is 18.2 Å². The highest BCUT2D eigenvalue weighted by molar-refractivity contribution is 5.91. The van der Waals surface area contributed by atoms with Gasteiger partial charge in [0.15, 0.2) is 0 Å². The summed E-state index contributed by atoms with van der Waals surface area (Å²) in [5.41, 5.74) is 0.701. The van der Waals surface area contributed by atoms with Gasteiger partial charge in [-0.3, -0.25) is 4.79 Å². The number of urea groups is 1. The molecule has 1 aliphatic rings. The van der Waals surface area contributed by atoms with Crippen LogP contribution in [0.2, 0.25) is 0 Å². The van der Waals surface area contributed by atoms with E-state index >= 15 is 0 Å². The molecule has 0 aliphatic carbocycles. The van der Waals surface area contributed by atoms with E-state index in [1.807, 2.05) is 6.92 Å². The molecule has 0 bridgehead atoms. The molecule has 1 fully saturated rings. The quantitative estimate of drug-likeness (QED) is 0.792. The highest BCUT2D eigenvalue weighted by Crippen LogP contribution is 2.20. The van der Waals surface area contributed by atoms with Gasteiger partial charge in [0.1, 0.15) is 0 Å². The van der Waals surface area contributed by atoms with Crippen LogP contribution >= 0.6 is 0 Å². The number of carboxylic acids is 1. The molecule has 21 heavy (non-hydrogen) atoms. The third kappa shape index (κ3) is 4.46. The van der Waals surface area contributed by atoms with Crippen molar-refractivity contribution in [1.29, 1.82) is 0 Å². The molecule has 1 aromatic carbocycles. The summed E-state index contributed by atoms with van der Waals surface area (Å²) >= 11 is 0. The van der Waals surface area contributed by atoms with E-state index in [0.717, 1.165) is 19.4 Å². The summed E-state index contributed by atoms with van der Waals surface area (Å²) in [6, 6.07) is 6.54. The van der Waals surface area contributed by atoms with Crippen molar-refractivity contribution in [2.45, 2.75) is 31.7 Å². The Kier molecular flexibility index (Phi) is 4.80. The summed E-state index contributed by atoms with van der Waals surface area (Å²) in [6.07, 6.45) is 1.64. The Bertz CT molecular complexity index is 524. The zero-order chi connectivity index (χ0) is 15.3. The molecule has 0 aromatic heterocycles. The van der Waals surface area contributed by atoms with Crippen LogP contribution in [0.3, 0.4) is 0 Å². The maximum absolute atomic E-state index is 12.1. The van der Waals surface area contributed by atoms with E-state index in [0.29, 0.717) is 17.9 Å². The molecular weight excluding hydrogens is 272 g/mol. The SMILES string of the molecule is CC1(NC(=O)Nc2ccccc2CC(=O)O)CCCOC1. The molecule has 114 valence electrons. The minimum absolute atomic E-state index is 0.128. The molecule has 2 rings (SSSR count). The number of nitrogens with one attached hydrogen (secondary N) is 2. The standard InChI is InChI=1S/C15H20N2O4/c1-15(7-4-8-21-10-15)17-14(20)16-12-6-3-2-5-11(12)9-13(18)19/h2-3,5-6H,4,7-10H2,1H3,(H,18,19)(H2,16,17,20). The predicted molar refractivity (Wildman–Crippen MR) is 78.4 cm³/mol. The topological polar surface area (TPSA) is 87.7 Å². The molecular formula is C15H20N2O4. The van der Waals surface area contributed by atoms with Gasteiger partial charge in [-0.2, -0.15) is 0 Å². The monoisotopic (exact) mass is 292 g/mol. The fraction of sp³-hybridized carbons (Fsp3) is 0.467. The molecule has 1 aliphatic heterocycles. The van der Waals surface area contributed by atoms with Gasteiger partial charge in [-0.15, -0.1) is 0 Å². The number of carbonyl (C=O) groups excluding carboxylic acids is 1. The number of amides is 2. The van der Waals surface area contributed by atoms with E-state index in [-0.39, 0.29) is 18.0 Å². The van der Waals surface area contributed by atoms with Crippen molar-refractivity contribution in [1.82, 2.24) is 5.32 Å². The maximum Gasteiger partial charge on any atom is 0.319 e. The van der Waals surface area contributed by atoms with Gasteiger partial charge >= 0.3 is 12.0 Å². The number of rotatable bonds is 4. The van der Waals surface area contributed by atoms with Crippen LogP contribution in [0.1, 0.15) is 25.3 Å². The molecule has 1 atom stereocenters. The lowest BCUT2D eigenvalue weighted by Gasteiger charge is -2.34. The Morgan fingerprint density at radius 2 is 2.14 bits per heavy atom. The number of hydrogen-bond donors (Lipinski definition) is 3. The molecule has 1 unspecified atom stereocenters. The van der Waals surface area contributed by atoms with Gasteiger partial charge in [0, 0.05) is 12.3 Å². The molecule has 0 saturated carbocycles. The second-order valence-electron chi connectivity index (χ2n) is 5.52. The molecule has 6 heteroatoms. The van der Waals surface area contributed by atoms with E-state index in [9.17, 15) is 9.59 Å². The van der Waals surface area contributed by atoms with E-state index in [1.54, 1.807) is 24.3 Å². The molecule has 0 radical (unpaired) electrons. The van der Waals surface area contributed by atoms with Crippen LogP contribution in [0, 0.1) is 0 Å². The number of aliphatic carboxylic acids is 1. The number of anilines is 1. The average Bonchev–Trinajstić information content (AvgIpc) is 2.40. The van der Waals surface area contributed by atoms with Crippen molar-refractivity contribution in [2.75, 3.05) is 18.5 Å². The van der Waals surface area contributed by atoms with Crippen LogP contribution in [0.5, 0.6) is 0 Å². The first-order valence-corrected chi connectivity index (χ1v) is 6.95. The Morgan fingerprint density at radius 1 is 1.38 bits per heavy atom. The summed E-state index contributed by atoms with van der Waals surface area (Å²) in [6.45, 7) is 3.15. The maximum atomic E-state index is 12.1. The second-order valence-corrected chi connectivity index (χ2v) is 5.52. The van der Waals surface area contributed by atoms with Crippen molar-refractivity contribution < 1.29 is 19.4 Å². The number of benzene rings is 1. The van der Waals surface area contributed by atoms with Crippen molar-refractivity contribution >= 4 is 17.7 Å². The molecule has 1 saturated heterocycles. The first kappa shape index (κ1) is 15.3. The lowest BCUT2D eigenvalue weighted by molar-refractivity contribution is -0.136. The van der Waals surface area contributed by atoms with Crippen molar-refractivity contribution in [3.05, 3.63) is 29.8 Å². The normalized spacial score (nSPS) is 21.6. The number of hydrogen-bond acceptors (Lipinski definition) is 3. The van der Waals surface area contributed by atoms with E-state index in [2.05, 4.69) is 10.6 Å².